The number of phenolic OH excluding ortho intramolecular Hbond substituents is 1. The first-order chi connectivity index (χ1) is 11.5. The van der Waals surface area contributed by atoms with Crippen molar-refractivity contribution in [1.29, 1.82) is 0 Å². The van der Waals surface area contributed by atoms with Crippen LogP contribution in [0.1, 0.15) is 30.6 Å². The van der Waals surface area contributed by atoms with Gasteiger partial charge in [-0.2, -0.15) is 0 Å². The van der Waals surface area contributed by atoms with Gasteiger partial charge in [-0.05, 0) is 56.9 Å². The van der Waals surface area contributed by atoms with Crippen molar-refractivity contribution in [3.63, 3.8) is 0 Å². The molecule has 4 N–H and O–H groups in total. The van der Waals surface area contributed by atoms with Crippen LogP contribution in [0.4, 0.5) is 5.69 Å². The second-order valence-corrected chi connectivity index (χ2v) is 5.68. The third-order valence-electron chi connectivity index (χ3n) is 3.98. The van der Waals surface area contributed by atoms with Gasteiger partial charge in [-0.3, -0.25) is 4.79 Å². The number of carbonyl (C=O) groups excluding carboxylic acids is 1. The highest BCUT2D eigenvalue weighted by Gasteiger charge is 2.16. The molecular weight excluding hydrogens is 306 g/mol. The molecule has 1 unspecified atom stereocenters. The summed E-state index contributed by atoms with van der Waals surface area (Å²) in [6, 6.07) is 3.22. The van der Waals surface area contributed by atoms with E-state index in [9.17, 15) is 15.0 Å². The molecule has 0 aromatic heterocycles. The van der Waals surface area contributed by atoms with Crippen LogP contribution in [0.3, 0.4) is 0 Å². The van der Waals surface area contributed by atoms with Crippen LogP contribution in [-0.4, -0.2) is 61.7 Å². The minimum Gasteiger partial charge on any atom is -0.506 e. The average Bonchev–Trinajstić information content (AvgIpc) is 2.59. The van der Waals surface area contributed by atoms with E-state index in [1.54, 1.807) is 25.3 Å². The summed E-state index contributed by atoms with van der Waals surface area (Å²) in [5, 5.41) is 26.5. The fourth-order valence-corrected chi connectivity index (χ4v) is 2.47. The Balaban J connectivity index is 2.74. The number of allylic oxidation sites excluding steroid dienone is 1. The number of nitrogens with one attached hydrogen (secondary N) is 2. The third-order valence-corrected chi connectivity index (χ3v) is 3.98. The zero-order valence-electron chi connectivity index (χ0n) is 14.7. The van der Waals surface area contributed by atoms with E-state index < -0.39 is 6.10 Å². The summed E-state index contributed by atoms with van der Waals surface area (Å²) in [7, 11) is 3.77. The van der Waals surface area contributed by atoms with E-state index >= 15 is 0 Å². The number of aliphatic hydroxyl groups excluding tert-OH is 1. The highest BCUT2D eigenvalue weighted by Crippen LogP contribution is 2.33. The van der Waals surface area contributed by atoms with Gasteiger partial charge in [0, 0.05) is 19.2 Å². The predicted octanol–water partition coefficient (Wildman–Crippen LogP) is 1.61. The lowest BCUT2D eigenvalue weighted by atomic mass is 9.99. The van der Waals surface area contributed by atoms with Crippen LogP contribution in [0.25, 0.3) is 6.08 Å². The molecule has 0 fully saturated rings. The number of aldehydes is 1. The number of hydrogen-bond acceptors (Lipinski definition) is 6. The Morgan fingerprint density at radius 1 is 1.38 bits per heavy atom. The van der Waals surface area contributed by atoms with Crippen molar-refractivity contribution < 1.29 is 15.0 Å². The topological polar surface area (TPSA) is 84.8 Å². The van der Waals surface area contributed by atoms with Crippen LogP contribution in [0, 0.1) is 0 Å². The van der Waals surface area contributed by atoms with Gasteiger partial charge in [0.15, 0.2) is 0 Å². The Hall–Kier alpha value is -1.89. The van der Waals surface area contributed by atoms with Gasteiger partial charge in [0.1, 0.15) is 12.0 Å². The lowest BCUT2D eigenvalue weighted by molar-refractivity contribution is -0.104. The van der Waals surface area contributed by atoms with Crippen molar-refractivity contribution in [3.8, 4) is 5.75 Å². The first-order valence-electron chi connectivity index (χ1n) is 8.27. The van der Waals surface area contributed by atoms with E-state index in [0.717, 1.165) is 26.1 Å². The number of benzene rings is 1. The molecule has 134 valence electrons. The number of aliphatic hydroxyl groups is 1. The van der Waals surface area contributed by atoms with Crippen molar-refractivity contribution in [3.05, 3.63) is 29.3 Å². The maximum absolute atomic E-state index is 10.6. The molecule has 0 saturated heterocycles. The summed E-state index contributed by atoms with van der Waals surface area (Å²) in [6.07, 6.45) is 3.88. The van der Waals surface area contributed by atoms with Gasteiger partial charge in [0.05, 0.1) is 11.8 Å². The fourth-order valence-electron chi connectivity index (χ4n) is 2.47. The number of nitrogens with zero attached hydrogens (tertiary/aromatic N) is 1. The Kier molecular flexibility index (Phi) is 9.07. The smallest absolute Gasteiger partial charge is 0.142 e. The molecule has 0 radical (unpaired) electrons. The number of aromatic hydroxyl groups is 1. The molecule has 0 heterocycles. The highest BCUT2D eigenvalue weighted by atomic mass is 16.3. The predicted molar refractivity (Wildman–Crippen MR) is 98.4 cm³/mol. The molecule has 1 rings (SSSR count). The van der Waals surface area contributed by atoms with Crippen LogP contribution in [0.5, 0.6) is 5.75 Å². The van der Waals surface area contributed by atoms with Crippen molar-refractivity contribution >= 4 is 18.0 Å². The summed E-state index contributed by atoms with van der Waals surface area (Å²) in [5.74, 6) is 0.0783. The molecule has 0 amide bonds. The van der Waals surface area contributed by atoms with E-state index in [1.165, 1.54) is 6.08 Å². The van der Waals surface area contributed by atoms with E-state index in [2.05, 4.69) is 29.5 Å². The third kappa shape index (κ3) is 5.96. The lowest BCUT2D eigenvalue weighted by Gasteiger charge is -2.19. The molecule has 0 aliphatic heterocycles. The van der Waals surface area contributed by atoms with Crippen molar-refractivity contribution in [2.75, 3.05) is 45.6 Å². The number of hydrogen-bond donors (Lipinski definition) is 4. The molecule has 1 atom stereocenters. The number of phenols is 1. The molecule has 0 aliphatic rings. The molecule has 0 spiro atoms. The number of carbonyl (C=O) groups is 1. The zero-order chi connectivity index (χ0) is 17.9. The standard InChI is InChI=1S/C18H29N3O3/c1-4-21(3)11-6-10-20-13-17(24)14-8-9-16(23)18(19-2)15(14)7-5-12-22/h5,7-9,12,17,19-20,23-24H,4,6,10-11,13H2,1-3H3/b7-5-. The summed E-state index contributed by atoms with van der Waals surface area (Å²) < 4.78 is 0. The van der Waals surface area contributed by atoms with Gasteiger partial charge in [-0.15, -0.1) is 0 Å². The van der Waals surface area contributed by atoms with E-state index in [1.807, 2.05) is 0 Å². The molecular formula is C18H29N3O3. The fraction of sp³-hybridized carbons (Fsp3) is 0.500. The summed E-state index contributed by atoms with van der Waals surface area (Å²) in [5.41, 5.74) is 1.77. The van der Waals surface area contributed by atoms with Crippen LogP contribution < -0.4 is 10.6 Å². The monoisotopic (exact) mass is 335 g/mol. The minimum atomic E-state index is -0.729. The molecule has 1 aromatic carbocycles. The molecule has 0 bridgehead atoms. The summed E-state index contributed by atoms with van der Waals surface area (Å²) >= 11 is 0. The average molecular weight is 335 g/mol. The second kappa shape index (κ2) is 10.8. The van der Waals surface area contributed by atoms with Gasteiger partial charge in [-0.25, -0.2) is 0 Å². The summed E-state index contributed by atoms with van der Waals surface area (Å²) in [6.45, 7) is 5.38. The molecule has 0 saturated carbocycles. The maximum Gasteiger partial charge on any atom is 0.142 e. The minimum absolute atomic E-state index is 0.0783. The normalized spacial score (nSPS) is 12.7. The summed E-state index contributed by atoms with van der Waals surface area (Å²) in [4.78, 5) is 12.9. The van der Waals surface area contributed by atoms with Crippen LogP contribution in [0.15, 0.2) is 18.2 Å². The van der Waals surface area contributed by atoms with Crippen LogP contribution in [-0.2, 0) is 4.79 Å². The molecule has 0 aliphatic carbocycles. The van der Waals surface area contributed by atoms with Crippen molar-refractivity contribution in [2.45, 2.75) is 19.4 Å². The first kappa shape index (κ1) is 20.2. The second-order valence-electron chi connectivity index (χ2n) is 5.68. The number of anilines is 1. The zero-order valence-corrected chi connectivity index (χ0v) is 14.7. The molecule has 24 heavy (non-hydrogen) atoms. The molecule has 1 aromatic rings. The SMILES string of the molecule is CCN(C)CCCNCC(O)c1ccc(O)c(NC)c1/C=C\C=O. The number of rotatable bonds is 11. The molecule has 6 nitrogen and oxygen atoms in total. The van der Waals surface area contributed by atoms with Gasteiger partial charge in [0.2, 0.25) is 0 Å². The van der Waals surface area contributed by atoms with Gasteiger partial charge in [0.25, 0.3) is 0 Å². The van der Waals surface area contributed by atoms with Gasteiger partial charge >= 0.3 is 0 Å². The van der Waals surface area contributed by atoms with E-state index in [4.69, 9.17) is 0 Å². The molecule has 6 heteroatoms. The Labute approximate surface area is 144 Å². The van der Waals surface area contributed by atoms with Crippen LogP contribution in [0.2, 0.25) is 0 Å². The Morgan fingerprint density at radius 2 is 2.12 bits per heavy atom. The van der Waals surface area contributed by atoms with Crippen LogP contribution >= 0.6 is 0 Å². The quantitative estimate of drug-likeness (QED) is 0.213. The highest BCUT2D eigenvalue weighted by molar-refractivity contribution is 5.81. The van der Waals surface area contributed by atoms with Gasteiger partial charge < -0.3 is 25.7 Å². The van der Waals surface area contributed by atoms with Crippen molar-refractivity contribution in [2.24, 2.45) is 0 Å². The maximum atomic E-state index is 10.6. The van der Waals surface area contributed by atoms with Gasteiger partial charge in [-0.1, -0.05) is 13.0 Å². The Morgan fingerprint density at radius 3 is 2.75 bits per heavy atom. The van der Waals surface area contributed by atoms with E-state index in [0.29, 0.717) is 29.6 Å². The van der Waals surface area contributed by atoms with Crippen molar-refractivity contribution in [1.82, 2.24) is 10.2 Å². The Bertz CT molecular complexity index is 547. The lowest BCUT2D eigenvalue weighted by Crippen LogP contribution is -2.27. The largest absolute Gasteiger partial charge is 0.506 e. The van der Waals surface area contributed by atoms with E-state index in [-0.39, 0.29) is 5.75 Å². The first-order valence-corrected chi connectivity index (χ1v) is 8.27.